The van der Waals surface area contributed by atoms with E-state index in [0.29, 0.717) is 5.82 Å². The molecule has 3 heterocycles. The van der Waals surface area contributed by atoms with E-state index >= 15 is 0 Å². The van der Waals surface area contributed by atoms with Crippen molar-refractivity contribution >= 4 is 34.6 Å². The van der Waals surface area contributed by atoms with Crippen molar-refractivity contribution < 1.29 is 17.6 Å². The number of alkyl halides is 3. The molecule has 0 bridgehead atoms. The third kappa shape index (κ3) is 4.54. The van der Waals surface area contributed by atoms with Crippen LogP contribution in [0, 0.1) is 5.82 Å². The summed E-state index contributed by atoms with van der Waals surface area (Å²) in [6.45, 7) is 0. The van der Waals surface area contributed by atoms with Gasteiger partial charge >= 0.3 is 6.18 Å². The molecule has 0 unspecified atom stereocenters. The first kappa shape index (κ1) is 19.8. The molecule has 152 valence electrons. The van der Waals surface area contributed by atoms with Crippen LogP contribution < -0.4 is 10.6 Å². The summed E-state index contributed by atoms with van der Waals surface area (Å²) in [5.74, 6) is -0.590. The smallest absolute Gasteiger partial charge is 0.338 e. The molecule has 0 saturated carbocycles. The average Bonchev–Trinajstić information content (AvgIpc) is 3.26. The Kier molecular flexibility index (Phi) is 5.32. The van der Waals surface area contributed by atoms with Crippen LogP contribution in [0.1, 0.15) is 5.56 Å². The van der Waals surface area contributed by atoms with Gasteiger partial charge in [-0.15, -0.1) is 0 Å². The van der Waals surface area contributed by atoms with Crippen molar-refractivity contribution in [1.82, 2.24) is 15.0 Å². The van der Waals surface area contributed by atoms with Crippen molar-refractivity contribution in [3.05, 3.63) is 77.0 Å². The maximum Gasteiger partial charge on any atom is 0.416 e. The molecule has 0 aliphatic carbocycles. The lowest BCUT2D eigenvalue weighted by molar-refractivity contribution is -0.137. The molecule has 4 aromatic rings. The Morgan fingerprint density at radius 2 is 1.77 bits per heavy atom. The summed E-state index contributed by atoms with van der Waals surface area (Å²) >= 11 is 1.58. The molecule has 0 atom stereocenters. The van der Waals surface area contributed by atoms with Crippen LogP contribution in [-0.2, 0) is 6.18 Å². The number of pyridine rings is 1. The predicted octanol–water partition coefficient (Wildman–Crippen LogP) is 6.25. The van der Waals surface area contributed by atoms with E-state index in [1.165, 1.54) is 12.1 Å². The normalized spacial score (nSPS) is 11.3. The molecule has 2 N–H and O–H groups in total. The van der Waals surface area contributed by atoms with Gasteiger partial charge in [0.05, 0.1) is 11.8 Å². The second-order valence-electron chi connectivity index (χ2n) is 6.16. The van der Waals surface area contributed by atoms with Crippen molar-refractivity contribution in [3.8, 4) is 11.1 Å². The minimum Gasteiger partial charge on any atom is -0.338 e. The summed E-state index contributed by atoms with van der Waals surface area (Å²) in [6, 6.07) is 9.97. The first-order valence-electron chi connectivity index (χ1n) is 8.61. The lowest BCUT2D eigenvalue weighted by Gasteiger charge is -2.11. The van der Waals surface area contributed by atoms with E-state index in [-0.39, 0.29) is 17.5 Å². The first-order chi connectivity index (χ1) is 14.4. The summed E-state index contributed by atoms with van der Waals surface area (Å²) in [4.78, 5) is 12.1. The van der Waals surface area contributed by atoms with Crippen molar-refractivity contribution in [3.63, 3.8) is 0 Å². The number of hydrogen-bond donors (Lipinski definition) is 2. The van der Waals surface area contributed by atoms with Gasteiger partial charge in [0.1, 0.15) is 5.82 Å². The Bertz CT molecular complexity index is 1140. The fraction of sp³-hybridized carbons (Fsp3) is 0.0500. The fourth-order valence-corrected chi connectivity index (χ4v) is 3.27. The Balaban J connectivity index is 1.52. The Hall–Kier alpha value is -3.53. The van der Waals surface area contributed by atoms with Gasteiger partial charge in [-0.1, -0.05) is 6.07 Å². The number of benzene rings is 1. The van der Waals surface area contributed by atoms with Crippen molar-refractivity contribution in [2.45, 2.75) is 6.18 Å². The fourth-order valence-electron chi connectivity index (χ4n) is 2.61. The predicted molar refractivity (Wildman–Crippen MR) is 108 cm³/mol. The minimum atomic E-state index is -4.50. The molecule has 1 aromatic carbocycles. The van der Waals surface area contributed by atoms with Gasteiger partial charge in [-0.2, -0.15) is 29.5 Å². The minimum absolute atomic E-state index is 0.0432. The highest BCUT2D eigenvalue weighted by atomic mass is 32.1. The van der Waals surface area contributed by atoms with Gasteiger partial charge in [-0.05, 0) is 52.7 Å². The van der Waals surface area contributed by atoms with Gasteiger partial charge in [0.25, 0.3) is 0 Å². The zero-order valence-electron chi connectivity index (χ0n) is 15.1. The van der Waals surface area contributed by atoms with Crippen LogP contribution in [0.4, 0.5) is 40.8 Å². The standard InChI is InChI=1S/C20H13F4N5S/c21-16-10-26-19(28-17-5-4-12(9-25-17)13-6-7-30-11-13)29-18(16)27-15-3-1-2-14(8-15)20(22,23)24/h1-11H,(H2,25,26,27,28,29). The van der Waals surface area contributed by atoms with Crippen LogP contribution in [0.2, 0.25) is 0 Å². The second-order valence-corrected chi connectivity index (χ2v) is 6.94. The van der Waals surface area contributed by atoms with Gasteiger partial charge in [-0.25, -0.2) is 14.4 Å². The highest BCUT2D eigenvalue weighted by Gasteiger charge is 2.30. The number of nitrogens with zero attached hydrogens (tertiary/aromatic N) is 3. The molecule has 0 saturated heterocycles. The highest BCUT2D eigenvalue weighted by molar-refractivity contribution is 7.08. The van der Waals surface area contributed by atoms with Crippen LogP contribution in [0.3, 0.4) is 0 Å². The molecule has 30 heavy (non-hydrogen) atoms. The molecule has 0 radical (unpaired) electrons. The van der Waals surface area contributed by atoms with E-state index in [9.17, 15) is 17.6 Å². The molecular formula is C20H13F4N5S. The van der Waals surface area contributed by atoms with Crippen LogP contribution in [0.25, 0.3) is 11.1 Å². The largest absolute Gasteiger partial charge is 0.416 e. The number of rotatable bonds is 5. The number of halogens is 4. The Morgan fingerprint density at radius 3 is 2.47 bits per heavy atom. The van der Waals surface area contributed by atoms with Gasteiger partial charge < -0.3 is 10.6 Å². The lowest BCUT2D eigenvalue weighted by Crippen LogP contribution is -2.07. The van der Waals surface area contributed by atoms with Gasteiger partial charge in [0.2, 0.25) is 5.95 Å². The molecule has 4 rings (SSSR count). The second kappa shape index (κ2) is 8.07. The monoisotopic (exact) mass is 431 g/mol. The zero-order valence-corrected chi connectivity index (χ0v) is 15.9. The van der Waals surface area contributed by atoms with Crippen molar-refractivity contribution in [2.75, 3.05) is 10.6 Å². The van der Waals surface area contributed by atoms with Gasteiger partial charge in [0, 0.05) is 17.4 Å². The summed E-state index contributed by atoms with van der Waals surface area (Å²) in [6.07, 6.45) is -1.91. The topological polar surface area (TPSA) is 62.7 Å². The summed E-state index contributed by atoms with van der Waals surface area (Å²) in [5, 5.41) is 9.37. The number of hydrogen-bond acceptors (Lipinski definition) is 6. The summed E-state index contributed by atoms with van der Waals surface area (Å²) in [7, 11) is 0. The summed E-state index contributed by atoms with van der Waals surface area (Å²) < 4.78 is 52.7. The Morgan fingerprint density at radius 1 is 0.900 bits per heavy atom. The van der Waals surface area contributed by atoms with Crippen LogP contribution in [0.5, 0.6) is 0 Å². The number of nitrogens with one attached hydrogen (secondary N) is 2. The van der Waals surface area contributed by atoms with Crippen LogP contribution in [0.15, 0.2) is 65.6 Å². The van der Waals surface area contributed by atoms with E-state index in [1.807, 2.05) is 22.9 Å². The molecule has 10 heteroatoms. The zero-order chi connectivity index (χ0) is 21.1. The van der Waals surface area contributed by atoms with E-state index in [2.05, 4.69) is 25.6 Å². The highest BCUT2D eigenvalue weighted by Crippen LogP contribution is 2.31. The van der Waals surface area contributed by atoms with Crippen LogP contribution in [-0.4, -0.2) is 15.0 Å². The molecule has 3 aromatic heterocycles. The van der Waals surface area contributed by atoms with Crippen LogP contribution >= 0.6 is 11.3 Å². The van der Waals surface area contributed by atoms with Gasteiger partial charge in [0.15, 0.2) is 11.6 Å². The Labute approximate surface area is 172 Å². The number of anilines is 4. The number of thiophene rings is 1. The third-order valence-electron chi connectivity index (χ3n) is 4.05. The van der Waals surface area contributed by atoms with Crippen molar-refractivity contribution in [1.29, 1.82) is 0 Å². The first-order valence-corrected chi connectivity index (χ1v) is 9.55. The van der Waals surface area contributed by atoms with E-state index in [1.54, 1.807) is 23.6 Å². The third-order valence-corrected chi connectivity index (χ3v) is 4.74. The number of aromatic nitrogens is 3. The average molecular weight is 431 g/mol. The molecule has 0 amide bonds. The molecule has 0 aliphatic heterocycles. The molecule has 5 nitrogen and oxygen atoms in total. The van der Waals surface area contributed by atoms with Crippen molar-refractivity contribution in [2.24, 2.45) is 0 Å². The van der Waals surface area contributed by atoms with Gasteiger partial charge in [-0.3, -0.25) is 0 Å². The summed E-state index contributed by atoms with van der Waals surface area (Å²) in [5.41, 5.74) is 1.18. The van der Waals surface area contributed by atoms with E-state index < -0.39 is 17.6 Å². The molecule has 0 fully saturated rings. The SMILES string of the molecule is Fc1cnc(Nc2ccc(-c3ccsc3)cn2)nc1Nc1cccc(C(F)(F)F)c1. The lowest BCUT2D eigenvalue weighted by atomic mass is 10.1. The quantitative estimate of drug-likeness (QED) is 0.366. The molecule has 0 spiro atoms. The maximum atomic E-state index is 14.1. The molecular weight excluding hydrogens is 418 g/mol. The van der Waals surface area contributed by atoms with E-state index in [0.717, 1.165) is 29.5 Å². The van der Waals surface area contributed by atoms with E-state index in [4.69, 9.17) is 0 Å². The maximum absolute atomic E-state index is 14.1. The molecule has 0 aliphatic rings.